The molecule has 144 valence electrons. The van der Waals surface area contributed by atoms with E-state index in [1.54, 1.807) is 10.9 Å². The first kappa shape index (κ1) is 18.1. The Kier molecular flexibility index (Phi) is 5.28. The molecule has 1 saturated heterocycles. The third-order valence-electron chi connectivity index (χ3n) is 4.97. The second-order valence-corrected chi connectivity index (χ2v) is 6.83. The number of carbonyl (C=O) groups excluding carboxylic acids is 2. The number of amides is 1. The van der Waals surface area contributed by atoms with Crippen LogP contribution in [0.5, 0.6) is 0 Å². The average molecular weight is 378 g/mol. The van der Waals surface area contributed by atoms with Crippen molar-refractivity contribution in [3.63, 3.8) is 0 Å². The van der Waals surface area contributed by atoms with Gasteiger partial charge in [0.25, 0.3) is 0 Å². The van der Waals surface area contributed by atoms with Crippen LogP contribution in [0.4, 0.5) is 4.79 Å². The van der Waals surface area contributed by atoms with Gasteiger partial charge in [-0.3, -0.25) is 9.69 Å². The van der Waals surface area contributed by atoms with Crippen molar-refractivity contribution in [2.45, 2.75) is 25.5 Å². The zero-order valence-corrected chi connectivity index (χ0v) is 15.5. The number of hydrogen-bond donors (Lipinski definition) is 0. The Balaban J connectivity index is 1.34. The van der Waals surface area contributed by atoms with Gasteiger partial charge in [-0.25, -0.2) is 4.79 Å². The van der Waals surface area contributed by atoms with E-state index in [4.69, 9.17) is 9.57 Å². The molecule has 1 aromatic heterocycles. The molecular formula is C22H22N2O4. The van der Waals surface area contributed by atoms with E-state index in [1.807, 2.05) is 60.7 Å². The van der Waals surface area contributed by atoms with Gasteiger partial charge in [0.05, 0.1) is 11.6 Å². The molecule has 0 saturated carbocycles. The third-order valence-corrected chi connectivity index (χ3v) is 4.97. The lowest BCUT2D eigenvalue weighted by Gasteiger charge is -2.23. The molecule has 1 atom stereocenters. The molecule has 1 aliphatic rings. The zero-order chi connectivity index (χ0) is 19.3. The zero-order valence-electron chi connectivity index (χ0n) is 15.5. The van der Waals surface area contributed by atoms with Crippen LogP contribution in [-0.4, -0.2) is 40.7 Å². The normalized spacial score (nSPS) is 16.3. The quantitative estimate of drug-likeness (QED) is 0.659. The molecule has 4 rings (SSSR count). The minimum atomic E-state index is -0.495. The minimum absolute atomic E-state index is 0.0915. The second-order valence-electron chi connectivity index (χ2n) is 6.83. The van der Waals surface area contributed by atoms with E-state index >= 15 is 0 Å². The summed E-state index contributed by atoms with van der Waals surface area (Å²) in [7, 11) is 0. The van der Waals surface area contributed by atoms with Crippen molar-refractivity contribution in [3.8, 4) is 0 Å². The van der Waals surface area contributed by atoms with Crippen molar-refractivity contribution in [1.29, 1.82) is 0 Å². The lowest BCUT2D eigenvalue weighted by Crippen LogP contribution is -2.43. The topological polar surface area (TPSA) is 60.8 Å². The summed E-state index contributed by atoms with van der Waals surface area (Å²) in [5, 5.41) is 1.04. The first-order valence-corrected chi connectivity index (χ1v) is 9.42. The number of likely N-dealkylation sites (tertiary alicyclic amines) is 1. The summed E-state index contributed by atoms with van der Waals surface area (Å²) in [6, 6.07) is 18.7. The van der Waals surface area contributed by atoms with Crippen molar-refractivity contribution in [3.05, 3.63) is 72.4 Å². The third kappa shape index (κ3) is 3.86. The molecule has 2 heterocycles. The lowest BCUT2D eigenvalue weighted by molar-refractivity contribution is -0.127. The maximum absolute atomic E-state index is 12.7. The predicted molar refractivity (Wildman–Crippen MR) is 105 cm³/mol. The highest BCUT2D eigenvalue weighted by molar-refractivity contribution is 5.89. The van der Waals surface area contributed by atoms with Gasteiger partial charge in [-0.05, 0) is 30.5 Å². The molecule has 3 aromatic rings. The Morgan fingerprint density at radius 1 is 1.00 bits per heavy atom. The Morgan fingerprint density at radius 3 is 2.64 bits per heavy atom. The highest BCUT2D eigenvalue weighted by atomic mass is 16.7. The van der Waals surface area contributed by atoms with Gasteiger partial charge in [-0.2, -0.15) is 4.73 Å². The highest BCUT2D eigenvalue weighted by Crippen LogP contribution is 2.20. The number of aromatic nitrogens is 1. The van der Waals surface area contributed by atoms with Gasteiger partial charge in [0.2, 0.25) is 0 Å². The van der Waals surface area contributed by atoms with E-state index in [-0.39, 0.29) is 19.0 Å². The highest BCUT2D eigenvalue weighted by Gasteiger charge is 2.35. The summed E-state index contributed by atoms with van der Waals surface area (Å²) in [6.45, 7) is 0.630. The molecule has 0 bridgehead atoms. The van der Waals surface area contributed by atoms with Crippen molar-refractivity contribution in [2.75, 3.05) is 13.2 Å². The van der Waals surface area contributed by atoms with E-state index in [9.17, 15) is 9.59 Å². The standard InChI is InChI=1S/C22H22N2O4/c25-21(16-28-24-14-12-18-9-4-5-10-19(18)24)20-11-6-13-23(20)22(26)27-15-17-7-2-1-3-8-17/h1-5,7-10,12,14,20H,6,11,13,15-16H2/t20-/m1/s1. The van der Waals surface area contributed by atoms with E-state index in [1.165, 1.54) is 4.90 Å². The van der Waals surface area contributed by atoms with Gasteiger partial charge >= 0.3 is 6.09 Å². The smallest absolute Gasteiger partial charge is 0.410 e. The molecule has 0 radical (unpaired) electrons. The summed E-state index contributed by atoms with van der Waals surface area (Å²) < 4.78 is 6.99. The van der Waals surface area contributed by atoms with E-state index in [0.29, 0.717) is 13.0 Å². The fourth-order valence-corrected chi connectivity index (χ4v) is 3.52. The number of ether oxygens (including phenoxy) is 1. The number of para-hydroxylation sites is 1. The molecule has 28 heavy (non-hydrogen) atoms. The fraction of sp³-hybridized carbons (Fsp3) is 0.273. The van der Waals surface area contributed by atoms with Crippen LogP contribution in [-0.2, 0) is 16.1 Å². The predicted octanol–water partition coefficient (Wildman–Crippen LogP) is 3.44. The number of benzene rings is 2. The summed E-state index contributed by atoms with van der Waals surface area (Å²) in [5.41, 5.74) is 1.82. The molecule has 0 spiro atoms. The Labute approximate surface area is 163 Å². The van der Waals surface area contributed by atoms with Gasteiger partial charge in [0.1, 0.15) is 6.61 Å². The SMILES string of the molecule is O=C(COn1ccc2ccccc21)[C@H]1CCCN1C(=O)OCc1ccccc1. The lowest BCUT2D eigenvalue weighted by atomic mass is 10.1. The monoisotopic (exact) mass is 378 g/mol. The number of fused-ring (bicyclic) bond motifs is 1. The van der Waals surface area contributed by atoms with E-state index in [0.717, 1.165) is 22.9 Å². The maximum atomic E-state index is 12.7. The van der Waals surface area contributed by atoms with Crippen molar-refractivity contribution >= 4 is 22.8 Å². The summed E-state index contributed by atoms with van der Waals surface area (Å²) in [6.07, 6.45) is 2.75. The summed E-state index contributed by atoms with van der Waals surface area (Å²) >= 11 is 0. The number of rotatable bonds is 6. The second kappa shape index (κ2) is 8.17. The number of carbonyl (C=O) groups is 2. The van der Waals surface area contributed by atoms with E-state index in [2.05, 4.69) is 0 Å². The number of Topliss-reactive ketones (excluding diaryl/α,β-unsaturated/α-hetero) is 1. The molecule has 6 heteroatoms. The Bertz CT molecular complexity index is 967. The molecule has 6 nitrogen and oxygen atoms in total. The fourth-order valence-electron chi connectivity index (χ4n) is 3.52. The van der Waals surface area contributed by atoms with Crippen LogP contribution in [0.2, 0.25) is 0 Å². The van der Waals surface area contributed by atoms with Gasteiger partial charge in [0, 0.05) is 18.1 Å². The summed E-state index contributed by atoms with van der Waals surface area (Å²) in [4.78, 5) is 32.3. The van der Waals surface area contributed by atoms with Gasteiger partial charge in [-0.15, -0.1) is 0 Å². The molecule has 1 aliphatic heterocycles. The van der Waals surface area contributed by atoms with E-state index < -0.39 is 12.1 Å². The molecule has 0 aliphatic carbocycles. The van der Waals surface area contributed by atoms with Crippen molar-refractivity contribution < 1.29 is 19.2 Å². The van der Waals surface area contributed by atoms with Gasteiger partial charge in [-0.1, -0.05) is 48.5 Å². The first-order valence-electron chi connectivity index (χ1n) is 9.42. The van der Waals surface area contributed by atoms with Crippen LogP contribution in [0, 0.1) is 0 Å². The number of nitrogens with zero attached hydrogens (tertiary/aromatic N) is 2. The molecule has 0 N–H and O–H groups in total. The van der Waals surface area contributed by atoms with Crippen molar-refractivity contribution in [1.82, 2.24) is 9.63 Å². The van der Waals surface area contributed by atoms with Crippen LogP contribution >= 0.6 is 0 Å². The van der Waals surface area contributed by atoms with Crippen LogP contribution in [0.25, 0.3) is 10.9 Å². The van der Waals surface area contributed by atoms with Gasteiger partial charge in [0.15, 0.2) is 12.4 Å². The number of hydrogen-bond acceptors (Lipinski definition) is 4. The van der Waals surface area contributed by atoms with Crippen molar-refractivity contribution in [2.24, 2.45) is 0 Å². The maximum Gasteiger partial charge on any atom is 0.410 e. The Hall–Kier alpha value is -3.28. The minimum Gasteiger partial charge on any atom is -0.445 e. The molecule has 1 amide bonds. The molecule has 0 unspecified atom stereocenters. The Morgan fingerprint density at radius 2 is 1.79 bits per heavy atom. The van der Waals surface area contributed by atoms with Crippen LogP contribution in [0.3, 0.4) is 0 Å². The largest absolute Gasteiger partial charge is 0.445 e. The van der Waals surface area contributed by atoms with Crippen LogP contribution in [0.1, 0.15) is 18.4 Å². The van der Waals surface area contributed by atoms with Gasteiger partial charge < -0.3 is 9.57 Å². The number of ketones is 1. The molecule has 1 fully saturated rings. The summed E-state index contributed by atoms with van der Waals surface area (Å²) in [5.74, 6) is -0.119. The molecule has 2 aromatic carbocycles. The average Bonchev–Trinajstić information content (AvgIpc) is 3.38. The van der Waals surface area contributed by atoms with Crippen LogP contribution in [0.15, 0.2) is 66.9 Å². The molecular weight excluding hydrogens is 356 g/mol. The van der Waals surface area contributed by atoms with Crippen LogP contribution < -0.4 is 4.84 Å². The first-order chi connectivity index (χ1) is 13.7.